The molecule has 1 N–H and O–H groups in total. The van der Waals surface area contributed by atoms with E-state index in [4.69, 9.17) is 0 Å². The van der Waals surface area contributed by atoms with Crippen LogP contribution in [0.2, 0.25) is 0 Å². The highest BCUT2D eigenvalue weighted by atomic mass is 32.1. The normalized spacial score (nSPS) is 22.1. The number of amides is 2. The van der Waals surface area contributed by atoms with E-state index in [0.29, 0.717) is 13.1 Å². The molecule has 0 bridgehead atoms. The molecule has 1 aliphatic heterocycles. The number of rotatable bonds is 5. The minimum Gasteiger partial charge on any atom is -0.355 e. The van der Waals surface area contributed by atoms with Crippen molar-refractivity contribution in [2.75, 3.05) is 19.6 Å². The quantitative estimate of drug-likeness (QED) is 0.905. The fraction of sp³-hybridized carbons (Fsp3) is 0.625. The zero-order valence-electron chi connectivity index (χ0n) is 12.2. The van der Waals surface area contributed by atoms with Crippen molar-refractivity contribution in [1.29, 1.82) is 0 Å². The van der Waals surface area contributed by atoms with E-state index in [-0.39, 0.29) is 23.7 Å². The van der Waals surface area contributed by atoms with Gasteiger partial charge in [0.2, 0.25) is 11.8 Å². The Bertz CT molecular complexity index is 496. The summed E-state index contributed by atoms with van der Waals surface area (Å²) in [5.41, 5.74) is 0. The molecule has 2 heterocycles. The summed E-state index contributed by atoms with van der Waals surface area (Å²) in [5, 5.41) is 5.08. The van der Waals surface area contributed by atoms with Gasteiger partial charge in [0.25, 0.3) is 0 Å². The van der Waals surface area contributed by atoms with Crippen molar-refractivity contribution in [2.24, 2.45) is 11.8 Å². The van der Waals surface area contributed by atoms with Gasteiger partial charge in [-0.3, -0.25) is 9.59 Å². The fourth-order valence-electron chi connectivity index (χ4n) is 2.89. The first-order valence-electron chi connectivity index (χ1n) is 7.83. The second kappa shape index (κ2) is 6.60. The number of nitrogens with zero attached hydrogens (tertiary/aromatic N) is 1. The molecule has 5 heteroatoms. The Labute approximate surface area is 129 Å². The minimum atomic E-state index is -0.0233. The lowest BCUT2D eigenvalue weighted by Gasteiger charge is -2.32. The predicted molar refractivity (Wildman–Crippen MR) is 83.1 cm³/mol. The molecule has 0 aromatic carbocycles. The Morgan fingerprint density at radius 3 is 2.86 bits per heavy atom. The maximum atomic E-state index is 12.2. The van der Waals surface area contributed by atoms with Crippen molar-refractivity contribution in [3.63, 3.8) is 0 Å². The lowest BCUT2D eigenvalue weighted by molar-refractivity contribution is -0.136. The van der Waals surface area contributed by atoms with E-state index >= 15 is 0 Å². The van der Waals surface area contributed by atoms with Gasteiger partial charge in [-0.2, -0.15) is 0 Å². The second-order valence-corrected chi connectivity index (χ2v) is 7.05. The van der Waals surface area contributed by atoms with Crippen molar-refractivity contribution in [1.82, 2.24) is 10.2 Å². The van der Waals surface area contributed by atoms with E-state index in [0.717, 1.165) is 38.6 Å². The largest absolute Gasteiger partial charge is 0.355 e. The average molecular weight is 306 g/mol. The van der Waals surface area contributed by atoms with Crippen molar-refractivity contribution >= 4 is 23.2 Å². The number of nitrogens with one attached hydrogen (secondary N) is 1. The lowest BCUT2D eigenvalue weighted by Crippen LogP contribution is -2.46. The van der Waals surface area contributed by atoms with E-state index in [2.05, 4.69) is 16.8 Å². The highest BCUT2D eigenvalue weighted by Gasteiger charge is 2.36. The Hall–Kier alpha value is -1.36. The van der Waals surface area contributed by atoms with Gasteiger partial charge in [0.05, 0.1) is 5.92 Å². The standard InChI is InChI=1S/C16H22N2O2S/c19-15(17-8-7-14-4-2-10-21-14)13-3-1-9-18(11-13)16(20)12-5-6-12/h2,4,10,12-13H,1,3,5-9,11H2,(H,17,19)/t13-/m0/s1. The monoisotopic (exact) mass is 306 g/mol. The Morgan fingerprint density at radius 1 is 1.29 bits per heavy atom. The van der Waals surface area contributed by atoms with Crippen LogP contribution in [0.15, 0.2) is 17.5 Å². The first-order valence-corrected chi connectivity index (χ1v) is 8.71. The summed E-state index contributed by atoms with van der Waals surface area (Å²) in [5.74, 6) is 0.612. The van der Waals surface area contributed by atoms with Crippen LogP contribution in [0, 0.1) is 11.8 Å². The number of carbonyl (C=O) groups is 2. The molecule has 0 spiro atoms. The summed E-state index contributed by atoms with van der Waals surface area (Å²) in [6.07, 6.45) is 4.81. The summed E-state index contributed by atoms with van der Waals surface area (Å²) in [6.45, 7) is 2.13. The SMILES string of the molecule is O=C(NCCc1cccs1)[C@H]1CCCN(C(=O)C2CC2)C1. The highest BCUT2D eigenvalue weighted by molar-refractivity contribution is 7.09. The molecule has 2 amide bonds. The van der Waals surface area contributed by atoms with Gasteiger partial charge in [0, 0.05) is 30.4 Å². The van der Waals surface area contributed by atoms with Gasteiger partial charge < -0.3 is 10.2 Å². The van der Waals surface area contributed by atoms with Gasteiger partial charge in [-0.05, 0) is 43.6 Å². The lowest BCUT2D eigenvalue weighted by atomic mass is 9.96. The molecule has 1 aromatic heterocycles. The summed E-state index contributed by atoms with van der Waals surface area (Å²) in [6, 6.07) is 4.12. The van der Waals surface area contributed by atoms with Crippen LogP contribution >= 0.6 is 11.3 Å². The Kier molecular flexibility index (Phi) is 4.58. The van der Waals surface area contributed by atoms with Crippen LogP contribution in [0.5, 0.6) is 0 Å². The molecule has 0 unspecified atom stereocenters. The number of thiophene rings is 1. The Morgan fingerprint density at radius 2 is 2.14 bits per heavy atom. The van der Waals surface area contributed by atoms with Crippen molar-refractivity contribution < 1.29 is 9.59 Å². The predicted octanol–water partition coefficient (Wildman–Crippen LogP) is 2.06. The van der Waals surface area contributed by atoms with Gasteiger partial charge in [0.1, 0.15) is 0 Å². The van der Waals surface area contributed by atoms with Gasteiger partial charge in [-0.1, -0.05) is 6.07 Å². The van der Waals surface area contributed by atoms with Gasteiger partial charge in [-0.15, -0.1) is 11.3 Å². The third kappa shape index (κ3) is 3.84. The molecule has 0 radical (unpaired) electrons. The zero-order chi connectivity index (χ0) is 14.7. The zero-order valence-corrected chi connectivity index (χ0v) is 13.0. The van der Waals surface area contributed by atoms with E-state index in [1.807, 2.05) is 11.0 Å². The van der Waals surface area contributed by atoms with Crippen LogP contribution in [0.4, 0.5) is 0 Å². The second-order valence-electron chi connectivity index (χ2n) is 6.02. The molecule has 1 saturated carbocycles. The molecule has 1 atom stereocenters. The van der Waals surface area contributed by atoms with Crippen LogP contribution < -0.4 is 5.32 Å². The highest BCUT2D eigenvalue weighted by Crippen LogP contribution is 2.32. The van der Waals surface area contributed by atoms with E-state index in [1.54, 1.807) is 11.3 Å². The summed E-state index contributed by atoms with van der Waals surface area (Å²) < 4.78 is 0. The summed E-state index contributed by atoms with van der Waals surface area (Å²) >= 11 is 1.72. The minimum absolute atomic E-state index is 0.0233. The molecule has 114 valence electrons. The average Bonchev–Trinajstić information content (AvgIpc) is 3.24. The number of hydrogen-bond donors (Lipinski definition) is 1. The fourth-order valence-corrected chi connectivity index (χ4v) is 3.60. The number of carbonyl (C=O) groups excluding carboxylic acids is 2. The van der Waals surface area contributed by atoms with Crippen molar-refractivity contribution in [3.8, 4) is 0 Å². The first-order chi connectivity index (χ1) is 10.2. The molecule has 1 aliphatic carbocycles. The van der Waals surface area contributed by atoms with Gasteiger partial charge >= 0.3 is 0 Å². The van der Waals surface area contributed by atoms with Crippen LogP contribution in [0.25, 0.3) is 0 Å². The third-order valence-electron chi connectivity index (χ3n) is 4.28. The number of likely N-dealkylation sites (tertiary alicyclic amines) is 1. The van der Waals surface area contributed by atoms with Crippen molar-refractivity contribution in [2.45, 2.75) is 32.1 Å². The molecular weight excluding hydrogens is 284 g/mol. The van der Waals surface area contributed by atoms with Crippen LogP contribution in [-0.2, 0) is 16.0 Å². The molecule has 3 rings (SSSR count). The smallest absolute Gasteiger partial charge is 0.225 e. The number of hydrogen-bond acceptors (Lipinski definition) is 3. The Balaban J connectivity index is 1.44. The van der Waals surface area contributed by atoms with Crippen LogP contribution in [-0.4, -0.2) is 36.3 Å². The number of piperidine rings is 1. The summed E-state index contributed by atoms with van der Waals surface area (Å²) in [4.78, 5) is 27.5. The molecule has 4 nitrogen and oxygen atoms in total. The molecule has 1 saturated heterocycles. The van der Waals surface area contributed by atoms with Crippen molar-refractivity contribution in [3.05, 3.63) is 22.4 Å². The molecule has 21 heavy (non-hydrogen) atoms. The van der Waals surface area contributed by atoms with E-state index in [1.165, 1.54) is 4.88 Å². The van der Waals surface area contributed by atoms with Gasteiger partial charge in [0.15, 0.2) is 0 Å². The molecule has 1 aromatic rings. The maximum absolute atomic E-state index is 12.2. The molecule has 2 fully saturated rings. The molecule has 2 aliphatic rings. The van der Waals surface area contributed by atoms with E-state index < -0.39 is 0 Å². The third-order valence-corrected chi connectivity index (χ3v) is 5.22. The maximum Gasteiger partial charge on any atom is 0.225 e. The van der Waals surface area contributed by atoms with Crippen LogP contribution in [0.3, 0.4) is 0 Å². The topological polar surface area (TPSA) is 49.4 Å². The van der Waals surface area contributed by atoms with E-state index in [9.17, 15) is 9.59 Å². The van der Waals surface area contributed by atoms with Gasteiger partial charge in [-0.25, -0.2) is 0 Å². The first kappa shape index (κ1) is 14.6. The summed E-state index contributed by atoms with van der Waals surface area (Å²) in [7, 11) is 0. The van der Waals surface area contributed by atoms with Crippen LogP contribution in [0.1, 0.15) is 30.6 Å². The molecular formula is C16H22N2O2S.